The van der Waals surface area contributed by atoms with Crippen LogP contribution in [0, 0.1) is 47.3 Å². The van der Waals surface area contributed by atoms with Gasteiger partial charge in [0.25, 0.3) is 0 Å². The first kappa shape index (κ1) is 50.9. The molecule has 5 aliphatic heterocycles. The molecule has 9 aliphatic rings. The highest BCUT2D eigenvalue weighted by molar-refractivity contribution is 8.00. The van der Waals surface area contributed by atoms with Gasteiger partial charge in [-0.25, -0.2) is 0 Å². The minimum atomic E-state index is 0. The van der Waals surface area contributed by atoms with Crippen LogP contribution in [0.4, 0.5) is 0 Å². The van der Waals surface area contributed by atoms with Gasteiger partial charge in [0.2, 0.25) is 0 Å². The summed E-state index contributed by atoms with van der Waals surface area (Å²) in [5.41, 5.74) is 0. The SMILES string of the molecule is Cl.[AlH3].c1ccc(SC2CCC3C4NC(NC5NC(NC6NC(NC7NC(N4)C4CC(Sc8ccccc8)CCC74)C4CC(Sc7ccccc7)CCC64)C4CC(Sc6ccccc6)CCC54)C3C2)cc1. The summed E-state index contributed by atoms with van der Waals surface area (Å²) in [5.74, 6) is 4.62. The molecule has 14 heteroatoms. The lowest BCUT2D eigenvalue weighted by Gasteiger charge is -2.39. The number of rotatable bonds is 8. The second kappa shape index (κ2) is 22.9. The number of hydrogen-bond acceptors (Lipinski definition) is 12. The Kier molecular flexibility index (Phi) is 16.7. The Morgan fingerprint density at radius 1 is 0.257 bits per heavy atom. The number of benzene rings is 4. The van der Waals surface area contributed by atoms with Gasteiger partial charge in [-0.05, 0) is 173 Å². The third kappa shape index (κ3) is 10.9. The summed E-state index contributed by atoms with van der Waals surface area (Å²) in [5, 5.41) is 37.8. The predicted octanol–water partition coefficient (Wildman–Crippen LogP) is 8.93. The van der Waals surface area contributed by atoms with Crippen LogP contribution in [0.1, 0.15) is 77.0 Å². The lowest BCUT2D eigenvalue weighted by molar-refractivity contribution is 0.171. The molecule has 4 saturated carbocycles. The first-order chi connectivity index (χ1) is 33.6. The van der Waals surface area contributed by atoms with E-state index in [0.717, 1.165) is 0 Å². The Labute approximate surface area is 451 Å². The van der Waals surface area contributed by atoms with E-state index in [0.29, 0.717) is 68.3 Å². The van der Waals surface area contributed by atoms with Crippen LogP contribution in [-0.4, -0.2) is 87.7 Å². The van der Waals surface area contributed by atoms with Crippen molar-refractivity contribution in [2.45, 2.75) is 167 Å². The van der Waals surface area contributed by atoms with E-state index in [1.54, 1.807) is 0 Å². The molecule has 13 rings (SSSR count). The molecule has 70 heavy (non-hydrogen) atoms. The van der Waals surface area contributed by atoms with Crippen LogP contribution in [0.3, 0.4) is 0 Å². The van der Waals surface area contributed by atoms with Gasteiger partial charge in [-0.2, -0.15) is 0 Å². The summed E-state index contributed by atoms with van der Waals surface area (Å²) in [7, 11) is 0. The van der Waals surface area contributed by atoms with Crippen molar-refractivity contribution in [3.8, 4) is 0 Å². The van der Waals surface area contributed by atoms with Crippen molar-refractivity contribution in [1.82, 2.24) is 42.5 Å². The van der Waals surface area contributed by atoms with Crippen molar-refractivity contribution in [2.24, 2.45) is 47.3 Å². The van der Waals surface area contributed by atoms with Gasteiger partial charge in [-0.3, -0.25) is 42.5 Å². The maximum atomic E-state index is 4.45. The van der Waals surface area contributed by atoms with Gasteiger partial charge in [0.15, 0.2) is 17.4 Å². The molecule has 9 fully saturated rings. The molecular formula is C56H76AlClN8S4. The van der Waals surface area contributed by atoms with Crippen molar-refractivity contribution in [1.29, 1.82) is 0 Å². The zero-order valence-electron chi connectivity index (χ0n) is 39.6. The average Bonchev–Trinajstić information content (AvgIpc) is 4.10. The Bertz CT molecular complexity index is 1960. The highest BCUT2D eigenvalue weighted by Crippen LogP contribution is 2.51. The topological polar surface area (TPSA) is 96.2 Å². The normalized spacial score (nSPS) is 41.7. The lowest BCUT2D eigenvalue weighted by atomic mass is 9.76. The van der Waals surface area contributed by atoms with E-state index in [2.05, 4.69) is 211 Å². The number of fused-ring (bicyclic) bond motifs is 20. The molecule has 4 aromatic rings. The Balaban J connectivity index is 0.00000267. The van der Waals surface area contributed by atoms with Gasteiger partial charge < -0.3 is 0 Å². The third-order valence-corrected chi connectivity index (χ3v) is 23.3. The monoisotopic (exact) mass is 1050 g/mol. The van der Waals surface area contributed by atoms with Crippen LogP contribution in [0.15, 0.2) is 141 Å². The molecule has 12 atom stereocenters. The minimum absolute atomic E-state index is 0. The quantitative estimate of drug-likeness (QED) is 0.0811. The van der Waals surface area contributed by atoms with E-state index in [9.17, 15) is 0 Å². The van der Waals surface area contributed by atoms with E-state index in [-0.39, 0.29) is 79.1 Å². The number of thioether (sulfide) groups is 4. The first-order valence-corrected chi connectivity index (χ1v) is 30.1. The Hall–Kier alpha value is -1.22. The summed E-state index contributed by atoms with van der Waals surface area (Å²) in [6.07, 6.45) is 17.2. The van der Waals surface area contributed by atoms with Crippen molar-refractivity contribution < 1.29 is 0 Å². The fourth-order valence-corrected chi connectivity index (χ4v) is 20.1. The van der Waals surface area contributed by atoms with Gasteiger partial charge in [0, 0.05) is 40.6 Å². The fourth-order valence-electron chi connectivity index (χ4n) is 15.0. The molecule has 8 bridgehead atoms. The molecule has 374 valence electrons. The van der Waals surface area contributed by atoms with Crippen molar-refractivity contribution in [3.63, 3.8) is 0 Å². The molecule has 5 saturated heterocycles. The molecule has 0 spiro atoms. The molecule has 5 heterocycles. The average molecular weight is 1050 g/mol. The van der Waals surface area contributed by atoms with Crippen LogP contribution >= 0.6 is 59.5 Å². The van der Waals surface area contributed by atoms with Crippen LogP contribution in [0.2, 0.25) is 0 Å². The van der Waals surface area contributed by atoms with Crippen LogP contribution in [-0.2, 0) is 0 Å². The van der Waals surface area contributed by atoms with E-state index in [4.69, 9.17) is 0 Å². The van der Waals surface area contributed by atoms with Gasteiger partial charge in [-0.15, -0.1) is 59.5 Å². The number of halogens is 1. The Morgan fingerprint density at radius 3 is 0.643 bits per heavy atom. The van der Waals surface area contributed by atoms with Crippen molar-refractivity contribution >= 4 is 76.8 Å². The molecule has 0 amide bonds. The number of hydrogen-bond donors (Lipinski definition) is 8. The fraction of sp³-hybridized carbons (Fsp3) is 0.571. The van der Waals surface area contributed by atoms with Gasteiger partial charge in [-0.1, -0.05) is 72.8 Å². The third-order valence-electron chi connectivity index (χ3n) is 18.1. The zero-order chi connectivity index (χ0) is 45.0. The summed E-state index contributed by atoms with van der Waals surface area (Å²) in [6.45, 7) is 0. The van der Waals surface area contributed by atoms with Gasteiger partial charge in [0.05, 0.1) is 49.3 Å². The first-order valence-electron chi connectivity index (χ1n) is 26.6. The second-order valence-corrected chi connectivity index (χ2v) is 27.4. The maximum Gasteiger partial charge on any atom is 0.187 e. The molecule has 12 unspecified atom stereocenters. The van der Waals surface area contributed by atoms with Crippen molar-refractivity contribution in [2.75, 3.05) is 0 Å². The van der Waals surface area contributed by atoms with Crippen LogP contribution in [0.25, 0.3) is 0 Å². The van der Waals surface area contributed by atoms with E-state index >= 15 is 0 Å². The zero-order valence-corrected chi connectivity index (χ0v) is 43.7. The minimum Gasteiger partial charge on any atom is -0.286 e. The summed E-state index contributed by atoms with van der Waals surface area (Å²) in [6, 6.07) is 44.8. The number of nitrogens with one attached hydrogen (secondary N) is 8. The summed E-state index contributed by atoms with van der Waals surface area (Å²) in [4.78, 5) is 5.66. The lowest BCUT2D eigenvalue weighted by Crippen LogP contribution is -2.61. The Morgan fingerprint density at radius 2 is 0.443 bits per heavy atom. The summed E-state index contributed by atoms with van der Waals surface area (Å²) >= 11 is 8.50. The molecule has 4 aliphatic carbocycles. The van der Waals surface area contributed by atoms with Crippen LogP contribution < -0.4 is 42.5 Å². The van der Waals surface area contributed by atoms with Crippen molar-refractivity contribution in [3.05, 3.63) is 121 Å². The molecule has 4 aromatic carbocycles. The largest absolute Gasteiger partial charge is 0.286 e. The van der Waals surface area contributed by atoms with Gasteiger partial charge >= 0.3 is 0 Å². The summed E-state index contributed by atoms with van der Waals surface area (Å²) < 4.78 is 0. The predicted molar refractivity (Wildman–Crippen MR) is 300 cm³/mol. The molecule has 0 radical (unpaired) electrons. The molecule has 8 N–H and O–H groups in total. The highest BCUT2D eigenvalue weighted by Gasteiger charge is 2.56. The van der Waals surface area contributed by atoms with Crippen LogP contribution in [0.5, 0.6) is 0 Å². The molecule has 0 aromatic heterocycles. The second-order valence-electron chi connectivity index (χ2n) is 21.9. The highest BCUT2D eigenvalue weighted by atomic mass is 35.5. The van der Waals surface area contributed by atoms with Gasteiger partial charge in [0.1, 0.15) is 0 Å². The smallest absolute Gasteiger partial charge is 0.187 e. The molecule has 8 nitrogen and oxygen atoms in total. The van der Waals surface area contributed by atoms with E-state index in [1.807, 2.05) is 0 Å². The molecular weight excluding hydrogens is 975 g/mol. The maximum absolute atomic E-state index is 4.45. The van der Waals surface area contributed by atoms with E-state index < -0.39 is 0 Å². The standard InChI is InChI=1S/C56H72N8S4.Al.ClH.3H/c1-5-13-33(14-6-1)65-37-21-25-41-45(29-37)53-57-49(41)62-54-47-31-39(67-35-17-9-3-10-18-35)23-27-43(47)51(59-54)64-56-48-32-40(68-36-19-11-4-12-20-36)24-28-44(48)52(60-56)63-55-46-30-38(66-34-15-7-2-8-16-34)22-26-42(46)50(58-55)61-53;;;;;/h1-20,37-64H,21-32H2;;1H;;;. The van der Waals surface area contributed by atoms with E-state index in [1.165, 1.54) is 96.6 Å².